The Bertz CT molecular complexity index is 452. The maximum absolute atomic E-state index is 11.8. The van der Waals surface area contributed by atoms with Gasteiger partial charge >= 0.3 is 0 Å². The first-order valence-corrected chi connectivity index (χ1v) is 7.46. The second kappa shape index (κ2) is 7.62. The number of anilines is 1. The largest absolute Gasteiger partial charge is 0.324 e. The van der Waals surface area contributed by atoms with Crippen molar-refractivity contribution in [3.63, 3.8) is 0 Å². The van der Waals surface area contributed by atoms with Gasteiger partial charge in [0.2, 0.25) is 5.91 Å². The second-order valence-electron chi connectivity index (χ2n) is 5.43. The molecule has 1 aliphatic heterocycles. The maximum atomic E-state index is 11.8. The molecule has 0 radical (unpaired) electrons. The molecular formula is C15H22ClN3O. The van der Waals surface area contributed by atoms with Crippen LogP contribution in [0.2, 0.25) is 5.02 Å². The Hall–Kier alpha value is -1.10. The molecule has 1 heterocycles. The third-order valence-corrected chi connectivity index (χ3v) is 3.92. The third kappa shape index (κ3) is 4.78. The highest BCUT2D eigenvalue weighted by Gasteiger charge is 2.16. The van der Waals surface area contributed by atoms with Gasteiger partial charge in [0.15, 0.2) is 0 Å². The first-order chi connectivity index (χ1) is 9.65. The first kappa shape index (κ1) is 15.3. The van der Waals surface area contributed by atoms with Crippen LogP contribution in [-0.4, -0.2) is 44.0 Å². The monoisotopic (exact) mass is 295 g/mol. The fourth-order valence-electron chi connectivity index (χ4n) is 2.59. The lowest BCUT2D eigenvalue weighted by atomic mass is 9.98. The van der Waals surface area contributed by atoms with Crippen LogP contribution in [0, 0.1) is 5.92 Å². The van der Waals surface area contributed by atoms with Crippen LogP contribution in [0.5, 0.6) is 0 Å². The van der Waals surface area contributed by atoms with Gasteiger partial charge < -0.3 is 15.5 Å². The average Bonchev–Trinajstić information content (AvgIpc) is 2.41. The molecule has 1 fully saturated rings. The lowest BCUT2D eigenvalue weighted by Crippen LogP contribution is -2.39. The first-order valence-electron chi connectivity index (χ1n) is 7.09. The topological polar surface area (TPSA) is 44.4 Å². The molecule has 0 bridgehead atoms. The molecule has 1 aromatic rings. The molecule has 2 N–H and O–H groups in total. The third-order valence-electron chi connectivity index (χ3n) is 3.59. The summed E-state index contributed by atoms with van der Waals surface area (Å²) < 4.78 is 0. The number of amides is 1. The SMILES string of the molecule is CN1CCCC(CNCC(=O)Nc2ccccc2Cl)C1. The summed E-state index contributed by atoms with van der Waals surface area (Å²) in [5, 5.41) is 6.61. The number of likely N-dealkylation sites (tertiary alicyclic amines) is 1. The van der Waals surface area contributed by atoms with E-state index in [1.54, 1.807) is 12.1 Å². The predicted octanol–water partition coefficient (Wildman–Crippen LogP) is 2.21. The zero-order valence-corrected chi connectivity index (χ0v) is 12.6. The van der Waals surface area contributed by atoms with Crippen molar-refractivity contribution in [1.82, 2.24) is 10.2 Å². The number of para-hydroxylation sites is 1. The zero-order chi connectivity index (χ0) is 14.4. The molecule has 1 atom stereocenters. The number of nitrogens with zero attached hydrogens (tertiary/aromatic N) is 1. The van der Waals surface area contributed by atoms with E-state index in [0.717, 1.165) is 13.1 Å². The summed E-state index contributed by atoms with van der Waals surface area (Å²) in [4.78, 5) is 14.2. The van der Waals surface area contributed by atoms with Crippen molar-refractivity contribution in [3.8, 4) is 0 Å². The number of piperidine rings is 1. The van der Waals surface area contributed by atoms with E-state index in [1.807, 2.05) is 12.1 Å². The molecule has 110 valence electrons. The minimum atomic E-state index is -0.0535. The zero-order valence-electron chi connectivity index (χ0n) is 11.9. The number of hydrogen-bond acceptors (Lipinski definition) is 3. The highest BCUT2D eigenvalue weighted by Crippen LogP contribution is 2.20. The van der Waals surface area contributed by atoms with E-state index in [9.17, 15) is 4.79 Å². The Kier molecular flexibility index (Phi) is 5.83. The molecule has 2 rings (SSSR count). The Morgan fingerprint density at radius 1 is 1.45 bits per heavy atom. The van der Waals surface area contributed by atoms with Crippen LogP contribution in [0.1, 0.15) is 12.8 Å². The summed E-state index contributed by atoms with van der Waals surface area (Å²) in [5.41, 5.74) is 0.665. The van der Waals surface area contributed by atoms with Crippen molar-refractivity contribution in [2.75, 3.05) is 38.5 Å². The standard InChI is InChI=1S/C15H22ClN3O/c1-19-8-4-5-12(11-19)9-17-10-15(20)18-14-7-3-2-6-13(14)16/h2-3,6-7,12,17H,4-5,8-11H2,1H3,(H,18,20). The van der Waals surface area contributed by atoms with Crippen LogP contribution in [-0.2, 0) is 4.79 Å². The van der Waals surface area contributed by atoms with E-state index in [2.05, 4.69) is 22.6 Å². The fourth-order valence-corrected chi connectivity index (χ4v) is 2.77. The van der Waals surface area contributed by atoms with Gasteiger partial charge in [0, 0.05) is 6.54 Å². The molecule has 0 saturated carbocycles. The van der Waals surface area contributed by atoms with E-state index in [1.165, 1.54) is 19.4 Å². The number of rotatable bonds is 5. The van der Waals surface area contributed by atoms with Gasteiger partial charge in [0.25, 0.3) is 0 Å². The van der Waals surface area contributed by atoms with Crippen LogP contribution >= 0.6 is 11.6 Å². The lowest BCUT2D eigenvalue weighted by molar-refractivity contribution is -0.115. The van der Waals surface area contributed by atoms with Gasteiger partial charge in [-0.15, -0.1) is 0 Å². The highest BCUT2D eigenvalue weighted by molar-refractivity contribution is 6.33. The van der Waals surface area contributed by atoms with Gasteiger partial charge in [-0.25, -0.2) is 0 Å². The van der Waals surface area contributed by atoms with Gasteiger partial charge in [-0.2, -0.15) is 0 Å². The minimum absolute atomic E-state index is 0.0535. The highest BCUT2D eigenvalue weighted by atomic mass is 35.5. The lowest BCUT2D eigenvalue weighted by Gasteiger charge is -2.29. The molecule has 1 saturated heterocycles. The minimum Gasteiger partial charge on any atom is -0.324 e. The normalized spacial score (nSPS) is 19.8. The van der Waals surface area contributed by atoms with Crippen LogP contribution in [0.25, 0.3) is 0 Å². The molecule has 0 spiro atoms. The van der Waals surface area contributed by atoms with Crippen LogP contribution in [0.4, 0.5) is 5.69 Å². The molecule has 1 amide bonds. The van der Waals surface area contributed by atoms with Gasteiger partial charge in [-0.1, -0.05) is 23.7 Å². The van der Waals surface area contributed by atoms with Crippen LogP contribution in [0.15, 0.2) is 24.3 Å². The Labute approximate surface area is 125 Å². The molecule has 0 aliphatic carbocycles. The number of benzene rings is 1. The molecule has 20 heavy (non-hydrogen) atoms. The van der Waals surface area contributed by atoms with Crippen LogP contribution in [0.3, 0.4) is 0 Å². The number of hydrogen-bond donors (Lipinski definition) is 2. The smallest absolute Gasteiger partial charge is 0.238 e. The summed E-state index contributed by atoms with van der Waals surface area (Å²) in [6, 6.07) is 7.27. The Morgan fingerprint density at radius 3 is 3.00 bits per heavy atom. The van der Waals surface area contributed by atoms with Gasteiger partial charge in [0.05, 0.1) is 17.3 Å². The van der Waals surface area contributed by atoms with E-state index in [4.69, 9.17) is 11.6 Å². The van der Waals surface area contributed by atoms with Gasteiger partial charge in [-0.05, 0) is 51.0 Å². The summed E-state index contributed by atoms with van der Waals surface area (Å²) in [5.74, 6) is 0.587. The van der Waals surface area contributed by atoms with E-state index >= 15 is 0 Å². The summed E-state index contributed by atoms with van der Waals surface area (Å²) in [6.07, 6.45) is 2.48. The number of carbonyl (C=O) groups is 1. The maximum Gasteiger partial charge on any atom is 0.238 e. The van der Waals surface area contributed by atoms with Crippen molar-refractivity contribution >= 4 is 23.2 Å². The predicted molar refractivity (Wildman–Crippen MR) is 83.2 cm³/mol. The average molecular weight is 296 g/mol. The molecule has 1 aromatic carbocycles. The van der Waals surface area contributed by atoms with Crippen molar-refractivity contribution in [1.29, 1.82) is 0 Å². The Morgan fingerprint density at radius 2 is 2.25 bits per heavy atom. The molecular weight excluding hydrogens is 274 g/mol. The van der Waals surface area contributed by atoms with Crippen molar-refractivity contribution < 1.29 is 4.79 Å². The second-order valence-corrected chi connectivity index (χ2v) is 5.84. The number of carbonyl (C=O) groups excluding carboxylic acids is 1. The Balaban J connectivity index is 1.69. The van der Waals surface area contributed by atoms with Crippen molar-refractivity contribution in [2.24, 2.45) is 5.92 Å². The summed E-state index contributed by atoms with van der Waals surface area (Å²) in [6.45, 7) is 3.51. The van der Waals surface area contributed by atoms with Gasteiger partial charge in [-0.3, -0.25) is 4.79 Å². The van der Waals surface area contributed by atoms with E-state index in [0.29, 0.717) is 23.2 Å². The number of nitrogens with one attached hydrogen (secondary N) is 2. The van der Waals surface area contributed by atoms with Crippen LogP contribution < -0.4 is 10.6 Å². The van der Waals surface area contributed by atoms with Crippen molar-refractivity contribution in [2.45, 2.75) is 12.8 Å². The number of halogens is 1. The van der Waals surface area contributed by atoms with E-state index < -0.39 is 0 Å². The molecule has 0 aromatic heterocycles. The van der Waals surface area contributed by atoms with E-state index in [-0.39, 0.29) is 5.91 Å². The van der Waals surface area contributed by atoms with Crippen molar-refractivity contribution in [3.05, 3.63) is 29.3 Å². The van der Waals surface area contributed by atoms with Gasteiger partial charge in [0.1, 0.15) is 0 Å². The quantitative estimate of drug-likeness (QED) is 0.875. The molecule has 5 heteroatoms. The summed E-state index contributed by atoms with van der Waals surface area (Å²) in [7, 11) is 2.15. The molecule has 1 aliphatic rings. The molecule has 1 unspecified atom stereocenters. The fraction of sp³-hybridized carbons (Fsp3) is 0.533. The summed E-state index contributed by atoms with van der Waals surface area (Å²) >= 11 is 6.00. The molecule has 4 nitrogen and oxygen atoms in total.